The Labute approximate surface area is 110 Å². The van der Waals surface area contributed by atoms with Crippen molar-refractivity contribution in [1.29, 1.82) is 0 Å². The minimum absolute atomic E-state index is 0.0931. The van der Waals surface area contributed by atoms with Gasteiger partial charge in [0, 0.05) is 5.56 Å². The molecule has 0 saturated heterocycles. The van der Waals surface area contributed by atoms with E-state index in [1.165, 1.54) is 5.01 Å². The highest BCUT2D eigenvalue weighted by Crippen LogP contribution is 2.25. The third kappa shape index (κ3) is 2.08. The number of hydrazone groups is 1. The number of carbonyl (C=O) groups excluding carboxylic acids is 1. The zero-order valence-electron chi connectivity index (χ0n) is 10.2. The number of carbonyl (C=O) groups is 1. The van der Waals surface area contributed by atoms with Gasteiger partial charge in [-0.25, -0.2) is 5.01 Å². The molecule has 0 aliphatic carbocycles. The lowest BCUT2D eigenvalue weighted by Gasteiger charge is -2.10. The van der Waals surface area contributed by atoms with Crippen LogP contribution in [0.2, 0.25) is 0 Å². The smallest absolute Gasteiger partial charge is 0.253 e. The lowest BCUT2D eigenvalue weighted by molar-refractivity contribution is -0.116. The summed E-state index contributed by atoms with van der Waals surface area (Å²) >= 11 is 0. The fourth-order valence-electron chi connectivity index (χ4n) is 2.07. The van der Waals surface area contributed by atoms with Gasteiger partial charge in [-0.05, 0) is 24.3 Å². The molecular formula is C15H12N2O2. The molecule has 94 valence electrons. The Morgan fingerprint density at radius 2 is 1.68 bits per heavy atom. The third-order valence-corrected chi connectivity index (χ3v) is 2.99. The number of nitrogens with zero attached hydrogens (tertiary/aromatic N) is 2. The van der Waals surface area contributed by atoms with Crippen molar-refractivity contribution in [2.75, 3.05) is 5.01 Å². The first-order chi connectivity index (χ1) is 9.25. The van der Waals surface area contributed by atoms with Crippen molar-refractivity contribution in [3.8, 4) is 5.75 Å². The monoisotopic (exact) mass is 252 g/mol. The van der Waals surface area contributed by atoms with Gasteiger partial charge in [0.2, 0.25) is 0 Å². The van der Waals surface area contributed by atoms with E-state index in [1.54, 1.807) is 18.2 Å². The van der Waals surface area contributed by atoms with Crippen LogP contribution in [0.1, 0.15) is 12.0 Å². The number of amides is 1. The zero-order chi connectivity index (χ0) is 13.2. The molecular weight excluding hydrogens is 240 g/mol. The van der Waals surface area contributed by atoms with Crippen molar-refractivity contribution < 1.29 is 9.90 Å². The van der Waals surface area contributed by atoms with Crippen LogP contribution >= 0.6 is 0 Å². The summed E-state index contributed by atoms with van der Waals surface area (Å²) in [5.41, 5.74) is 1.93. The first-order valence-corrected chi connectivity index (χ1v) is 5.99. The molecule has 4 nitrogen and oxygen atoms in total. The second-order valence-corrected chi connectivity index (χ2v) is 4.28. The van der Waals surface area contributed by atoms with Crippen LogP contribution in [-0.2, 0) is 4.79 Å². The Hall–Kier alpha value is -2.62. The van der Waals surface area contributed by atoms with Gasteiger partial charge in [0.25, 0.3) is 5.91 Å². The van der Waals surface area contributed by atoms with E-state index in [0.29, 0.717) is 11.3 Å². The number of rotatable bonds is 2. The summed E-state index contributed by atoms with van der Waals surface area (Å²) in [6, 6.07) is 16.2. The molecule has 1 N–H and O–H groups in total. The molecule has 2 aromatic rings. The molecule has 1 aliphatic rings. The maximum atomic E-state index is 12.0. The van der Waals surface area contributed by atoms with E-state index >= 15 is 0 Å². The number of hydrogen-bond donors (Lipinski definition) is 1. The summed E-state index contributed by atoms with van der Waals surface area (Å²) in [5.74, 6) is 0.0495. The van der Waals surface area contributed by atoms with Crippen molar-refractivity contribution in [1.82, 2.24) is 0 Å². The SMILES string of the molecule is O=C1CC(c2ccccc2O)=NN1c1ccccc1. The van der Waals surface area contributed by atoms with Gasteiger partial charge in [0.15, 0.2) is 0 Å². The summed E-state index contributed by atoms with van der Waals surface area (Å²) in [7, 11) is 0. The van der Waals surface area contributed by atoms with E-state index in [9.17, 15) is 9.90 Å². The Bertz CT molecular complexity index is 650. The molecule has 4 heteroatoms. The van der Waals surface area contributed by atoms with Gasteiger partial charge in [-0.15, -0.1) is 0 Å². The largest absolute Gasteiger partial charge is 0.507 e. The second-order valence-electron chi connectivity index (χ2n) is 4.28. The average Bonchev–Trinajstić information content (AvgIpc) is 2.82. The summed E-state index contributed by atoms with van der Waals surface area (Å²) in [6.07, 6.45) is 0.201. The predicted molar refractivity (Wildman–Crippen MR) is 73.2 cm³/mol. The molecule has 3 rings (SSSR count). The first-order valence-electron chi connectivity index (χ1n) is 5.99. The maximum Gasteiger partial charge on any atom is 0.253 e. The predicted octanol–water partition coefficient (Wildman–Crippen LogP) is 2.53. The van der Waals surface area contributed by atoms with Gasteiger partial charge >= 0.3 is 0 Å². The van der Waals surface area contributed by atoms with Gasteiger partial charge in [0.05, 0.1) is 17.8 Å². The van der Waals surface area contributed by atoms with Crippen LogP contribution in [0, 0.1) is 0 Å². The average molecular weight is 252 g/mol. The van der Waals surface area contributed by atoms with Crippen LogP contribution in [0.4, 0.5) is 5.69 Å². The molecule has 0 radical (unpaired) electrons. The molecule has 0 fully saturated rings. The van der Waals surface area contributed by atoms with Crippen molar-refractivity contribution in [2.45, 2.75) is 6.42 Å². The molecule has 19 heavy (non-hydrogen) atoms. The van der Waals surface area contributed by atoms with Crippen LogP contribution in [0.25, 0.3) is 0 Å². The molecule has 1 aliphatic heterocycles. The quantitative estimate of drug-likeness (QED) is 0.892. The lowest BCUT2D eigenvalue weighted by Crippen LogP contribution is -2.19. The number of phenolic OH excluding ortho intramolecular Hbond substituents is 1. The van der Waals surface area contributed by atoms with Crippen molar-refractivity contribution >= 4 is 17.3 Å². The Morgan fingerprint density at radius 3 is 2.42 bits per heavy atom. The Balaban J connectivity index is 1.99. The van der Waals surface area contributed by atoms with Crippen molar-refractivity contribution in [3.63, 3.8) is 0 Å². The lowest BCUT2D eigenvalue weighted by atomic mass is 10.1. The zero-order valence-corrected chi connectivity index (χ0v) is 10.2. The number of phenols is 1. The highest BCUT2D eigenvalue weighted by Gasteiger charge is 2.27. The van der Waals surface area contributed by atoms with Gasteiger partial charge in [-0.3, -0.25) is 4.79 Å². The summed E-state index contributed by atoms with van der Waals surface area (Å²) in [4.78, 5) is 12.0. The maximum absolute atomic E-state index is 12.0. The standard InChI is InChI=1S/C15H12N2O2/c18-14-9-5-4-8-12(14)13-10-15(19)17(16-13)11-6-2-1-3-7-11/h1-9,18H,10H2. The molecule has 0 atom stereocenters. The van der Waals surface area contributed by atoms with E-state index in [1.807, 2.05) is 36.4 Å². The summed E-state index contributed by atoms with van der Waals surface area (Å²) in [5, 5.41) is 15.5. The van der Waals surface area contributed by atoms with Gasteiger partial charge in [0.1, 0.15) is 5.75 Å². The van der Waals surface area contributed by atoms with Crippen LogP contribution in [-0.4, -0.2) is 16.7 Å². The first kappa shape index (κ1) is 11.5. The van der Waals surface area contributed by atoms with Crippen molar-refractivity contribution in [3.05, 3.63) is 60.2 Å². The molecule has 2 aromatic carbocycles. The van der Waals surface area contributed by atoms with Crippen LogP contribution < -0.4 is 5.01 Å². The second kappa shape index (κ2) is 4.57. The molecule has 0 spiro atoms. The van der Waals surface area contributed by atoms with E-state index < -0.39 is 0 Å². The summed E-state index contributed by atoms with van der Waals surface area (Å²) in [6.45, 7) is 0. The molecule has 0 aromatic heterocycles. The molecule has 0 saturated carbocycles. The number of anilines is 1. The van der Waals surface area contributed by atoms with Gasteiger partial charge in [-0.1, -0.05) is 30.3 Å². The fourth-order valence-corrected chi connectivity index (χ4v) is 2.07. The Morgan fingerprint density at radius 1 is 1.00 bits per heavy atom. The topological polar surface area (TPSA) is 52.9 Å². The molecule has 1 amide bonds. The summed E-state index contributed by atoms with van der Waals surface area (Å²) < 4.78 is 0. The normalized spacial score (nSPS) is 14.6. The van der Waals surface area contributed by atoms with Crippen LogP contribution in [0.5, 0.6) is 5.75 Å². The Kier molecular flexibility index (Phi) is 2.76. The number of aromatic hydroxyl groups is 1. The number of benzene rings is 2. The van der Waals surface area contributed by atoms with Crippen molar-refractivity contribution in [2.24, 2.45) is 5.10 Å². The number of para-hydroxylation sites is 2. The molecule has 0 bridgehead atoms. The van der Waals surface area contributed by atoms with E-state index in [2.05, 4.69) is 5.10 Å². The van der Waals surface area contributed by atoms with Crippen LogP contribution in [0.3, 0.4) is 0 Å². The third-order valence-electron chi connectivity index (χ3n) is 2.99. The van der Waals surface area contributed by atoms with Gasteiger partial charge in [-0.2, -0.15) is 5.10 Å². The van der Waals surface area contributed by atoms with E-state index in [-0.39, 0.29) is 18.1 Å². The highest BCUT2D eigenvalue weighted by atomic mass is 16.3. The van der Waals surface area contributed by atoms with E-state index in [0.717, 1.165) is 5.69 Å². The van der Waals surface area contributed by atoms with E-state index in [4.69, 9.17) is 0 Å². The van der Waals surface area contributed by atoms with Gasteiger partial charge < -0.3 is 5.11 Å². The minimum atomic E-state index is -0.0931. The fraction of sp³-hybridized carbons (Fsp3) is 0.0667. The van der Waals surface area contributed by atoms with Crippen LogP contribution in [0.15, 0.2) is 59.7 Å². The number of hydrogen-bond acceptors (Lipinski definition) is 3. The molecule has 0 unspecified atom stereocenters. The highest BCUT2D eigenvalue weighted by molar-refractivity contribution is 6.20. The minimum Gasteiger partial charge on any atom is -0.507 e. The molecule has 1 heterocycles.